The standard InChI is InChI=1S/C20H23ClF3N3O2/c1-19(2)7-3-4-12(10-19)17(28)25-18(29)13-8-11(5-6-14(13)21)15-9-16(27-26-15)20(22,23)24/h5-6,8-9,12,17,28H,3-4,7,10H2,1-2H3,(H,25,29)(H,26,27). The van der Waals surface area contributed by atoms with Crippen LogP contribution in [-0.4, -0.2) is 27.4 Å². The molecule has 1 aromatic heterocycles. The number of carbonyl (C=O) groups is 1. The third-order valence-electron chi connectivity index (χ3n) is 5.36. The number of halogens is 4. The van der Waals surface area contributed by atoms with Crippen molar-refractivity contribution in [1.29, 1.82) is 0 Å². The largest absolute Gasteiger partial charge is 0.432 e. The van der Waals surface area contributed by atoms with Gasteiger partial charge in [0, 0.05) is 11.5 Å². The summed E-state index contributed by atoms with van der Waals surface area (Å²) in [6, 6.07) is 5.13. The third kappa shape index (κ3) is 5.11. The van der Waals surface area contributed by atoms with Crippen molar-refractivity contribution in [2.75, 3.05) is 0 Å². The number of hydrogen-bond donors (Lipinski definition) is 3. The van der Waals surface area contributed by atoms with E-state index in [9.17, 15) is 23.1 Å². The predicted molar refractivity (Wildman–Crippen MR) is 103 cm³/mol. The SMILES string of the molecule is CC1(C)CCCC(C(O)NC(=O)c2cc(-c3cc(C(F)(F)F)[nH]n3)ccc2Cl)C1. The summed E-state index contributed by atoms with van der Waals surface area (Å²) in [4.78, 5) is 12.7. The number of carbonyl (C=O) groups excluding carboxylic acids is 1. The van der Waals surface area contributed by atoms with E-state index in [4.69, 9.17) is 11.6 Å². The quantitative estimate of drug-likeness (QED) is 0.597. The lowest BCUT2D eigenvalue weighted by Gasteiger charge is -2.37. The van der Waals surface area contributed by atoms with Gasteiger partial charge in [-0.2, -0.15) is 18.3 Å². The second-order valence-corrected chi connectivity index (χ2v) is 8.71. The van der Waals surface area contributed by atoms with Gasteiger partial charge in [-0.05, 0) is 42.9 Å². The topological polar surface area (TPSA) is 78.0 Å². The fraction of sp³-hybridized carbons (Fsp3) is 0.500. The Balaban J connectivity index is 1.77. The van der Waals surface area contributed by atoms with Crippen LogP contribution in [0.2, 0.25) is 5.02 Å². The van der Waals surface area contributed by atoms with Crippen molar-refractivity contribution in [3.63, 3.8) is 0 Å². The Kier molecular flexibility index (Phi) is 5.96. The van der Waals surface area contributed by atoms with E-state index in [1.54, 1.807) is 0 Å². The van der Waals surface area contributed by atoms with Crippen molar-refractivity contribution in [1.82, 2.24) is 15.5 Å². The van der Waals surface area contributed by atoms with E-state index < -0.39 is 24.0 Å². The van der Waals surface area contributed by atoms with E-state index in [1.165, 1.54) is 18.2 Å². The Morgan fingerprint density at radius 1 is 1.38 bits per heavy atom. The summed E-state index contributed by atoms with van der Waals surface area (Å²) in [5.74, 6) is -0.648. The highest BCUT2D eigenvalue weighted by Gasteiger charge is 2.34. The number of aromatic nitrogens is 2. The van der Waals surface area contributed by atoms with Crippen LogP contribution in [0.1, 0.15) is 55.6 Å². The van der Waals surface area contributed by atoms with E-state index in [2.05, 4.69) is 24.3 Å². The summed E-state index contributed by atoms with van der Waals surface area (Å²) >= 11 is 6.12. The van der Waals surface area contributed by atoms with Crippen LogP contribution in [0.5, 0.6) is 0 Å². The fourth-order valence-electron chi connectivity index (χ4n) is 3.83. The maximum absolute atomic E-state index is 12.8. The zero-order chi connectivity index (χ0) is 21.4. The highest BCUT2D eigenvalue weighted by atomic mass is 35.5. The van der Waals surface area contributed by atoms with Crippen LogP contribution in [-0.2, 0) is 6.18 Å². The zero-order valence-electron chi connectivity index (χ0n) is 16.1. The maximum Gasteiger partial charge on any atom is 0.432 e. The van der Waals surface area contributed by atoms with E-state index in [0.717, 1.165) is 31.7 Å². The summed E-state index contributed by atoms with van der Waals surface area (Å²) < 4.78 is 38.3. The third-order valence-corrected chi connectivity index (χ3v) is 5.69. The van der Waals surface area contributed by atoms with Crippen LogP contribution in [0.4, 0.5) is 13.2 Å². The number of aliphatic hydroxyl groups is 1. The number of rotatable bonds is 4. The van der Waals surface area contributed by atoms with E-state index in [-0.39, 0.29) is 27.6 Å². The monoisotopic (exact) mass is 429 g/mol. The lowest BCUT2D eigenvalue weighted by Crippen LogP contribution is -2.43. The first kappa shape index (κ1) is 21.6. The molecule has 0 radical (unpaired) electrons. The summed E-state index contributed by atoms with van der Waals surface area (Å²) in [7, 11) is 0. The van der Waals surface area contributed by atoms with Crippen molar-refractivity contribution in [3.05, 3.63) is 40.5 Å². The van der Waals surface area contributed by atoms with Gasteiger partial charge in [-0.1, -0.05) is 37.9 Å². The number of amides is 1. The molecule has 1 heterocycles. The number of nitrogens with one attached hydrogen (secondary N) is 2. The molecule has 9 heteroatoms. The molecule has 0 aliphatic heterocycles. The minimum absolute atomic E-state index is 0.0395. The lowest BCUT2D eigenvalue weighted by molar-refractivity contribution is -0.141. The minimum atomic E-state index is -4.55. The molecule has 1 saturated carbocycles. The number of alkyl halides is 3. The molecule has 0 bridgehead atoms. The van der Waals surface area contributed by atoms with Crippen LogP contribution < -0.4 is 5.32 Å². The Bertz CT molecular complexity index is 895. The minimum Gasteiger partial charge on any atom is -0.373 e. The molecule has 0 saturated heterocycles. The Morgan fingerprint density at radius 2 is 2.10 bits per heavy atom. The Hall–Kier alpha value is -2.06. The molecule has 1 aromatic carbocycles. The van der Waals surface area contributed by atoms with Crippen molar-refractivity contribution >= 4 is 17.5 Å². The molecule has 5 nitrogen and oxygen atoms in total. The number of hydrogen-bond acceptors (Lipinski definition) is 3. The highest BCUT2D eigenvalue weighted by molar-refractivity contribution is 6.34. The molecular formula is C20H23ClF3N3O2. The number of aliphatic hydroxyl groups excluding tert-OH is 1. The molecule has 3 N–H and O–H groups in total. The molecule has 158 valence electrons. The molecule has 2 unspecified atom stereocenters. The van der Waals surface area contributed by atoms with Crippen LogP contribution >= 0.6 is 11.6 Å². The van der Waals surface area contributed by atoms with E-state index in [1.807, 2.05) is 5.10 Å². The highest BCUT2D eigenvalue weighted by Crippen LogP contribution is 2.39. The molecule has 29 heavy (non-hydrogen) atoms. The van der Waals surface area contributed by atoms with Gasteiger partial charge in [-0.25, -0.2) is 0 Å². The van der Waals surface area contributed by atoms with Gasteiger partial charge in [-0.3, -0.25) is 9.89 Å². The van der Waals surface area contributed by atoms with Gasteiger partial charge in [0.1, 0.15) is 11.9 Å². The van der Waals surface area contributed by atoms with Crippen LogP contribution in [0, 0.1) is 11.3 Å². The second kappa shape index (κ2) is 7.99. The van der Waals surface area contributed by atoms with Crippen molar-refractivity contribution in [2.45, 2.75) is 51.9 Å². The second-order valence-electron chi connectivity index (χ2n) is 8.30. The number of benzene rings is 1. The summed E-state index contributed by atoms with van der Waals surface area (Å²) in [6.45, 7) is 4.26. The molecule has 1 amide bonds. The van der Waals surface area contributed by atoms with Gasteiger partial charge in [-0.15, -0.1) is 0 Å². The van der Waals surface area contributed by atoms with E-state index >= 15 is 0 Å². The molecule has 1 aliphatic rings. The first-order valence-corrected chi connectivity index (χ1v) is 9.75. The average Bonchev–Trinajstić information content (AvgIpc) is 3.11. The Morgan fingerprint density at radius 3 is 2.72 bits per heavy atom. The van der Waals surface area contributed by atoms with Gasteiger partial charge >= 0.3 is 6.18 Å². The van der Waals surface area contributed by atoms with Gasteiger partial charge in [0.15, 0.2) is 0 Å². The van der Waals surface area contributed by atoms with Gasteiger partial charge < -0.3 is 10.4 Å². The summed E-state index contributed by atoms with van der Waals surface area (Å²) in [5, 5.41) is 18.8. The first-order valence-electron chi connectivity index (χ1n) is 9.38. The number of nitrogens with zero attached hydrogens (tertiary/aromatic N) is 1. The average molecular weight is 430 g/mol. The Labute approximate surface area is 171 Å². The number of H-pyrrole nitrogens is 1. The first-order chi connectivity index (χ1) is 13.5. The van der Waals surface area contributed by atoms with Gasteiger partial charge in [0.25, 0.3) is 5.91 Å². The molecule has 1 fully saturated rings. The number of aromatic amines is 1. The van der Waals surface area contributed by atoms with Crippen LogP contribution in [0.15, 0.2) is 24.3 Å². The summed E-state index contributed by atoms with van der Waals surface area (Å²) in [6.07, 6.45) is -1.93. The van der Waals surface area contributed by atoms with Crippen molar-refractivity contribution in [2.24, 2.45) is 11.3 Å². The van der Waals surface area contributed by atoms with Gasteiger partial charge in [0.05, 0.1) is 16.3 Å². The molecule has 2 aromatic rings. The van der Waals surface area contributed by atoms with E-state index in [0.29, 0.717) is 5.56 Å². The van der Waals surface area contributed by atoms with Crippen LogP contribution in [0.3, 0.4) is 0 Å². The van der Waals surface area contributed by atoms with Crippen LogP contribution in [0.25, 0.3) is 11.3 Å². The fourth-order valence-corrected chi connectivity index (χ4v) is 4.03. The lowest BCUT2D eigenvalue weighted by atomic mass is 9.71. The molecule has 1 aliphatic carbocycles. The van der Waals surface area contributed by atoms with Gasteiger partial charge in [0.2, 0.25) is 0 Å². The zero-order valence-corrected chi connectivity index (χ0v) is 16.9. The molecule has 3 rings (SSSR count). The van der Waals surface area contributed by atoms with Crippen molar-refractivity contribution in [3.8, 4) is 11.3 Å². The normalized spacial score (nSPS) is 20.3. The summed E-state index contributed by atoms with van der Waals surface area (Å²) in [5.41, 5.74) is -0.474. The maximum atomic E-state index is 12.8. The smallest absolute Gasteiger partial charge is 0.373 e. The molecular weight excluding hydrogens is 407 g/mol. The van der Waals surface area contributed by atoms with Crippen molar-refractivity contribution < 1.29 is 23.1 Å². The molecule has 0 spiro atoms. The predicted octanol–water partition coefficient (Wildman–Crippen LogP) is 5.01. The molecule has 2 atom stereocenters.